The summed E-state index contributed by atoms with van der Waals surface area (Å²) < 4.78 is 25.7. The summed E-state index contributed by atoms with van der Waals surface area (Å²) in [4.78, 5) is 66.6. The maximum absolute atomic E-state index is 14.2. The van der Waals surface area contributed by atoms with Gasteiger partial charge in [0.2, 0.25) is 5.78 Å². The molecule has 2 aliphatic carbocycles. The second-order valence-electron chi connectivity index (χ2n) is 21.7. The quantitative estimate of drug-likeness (QED) is 0.0211. The number of aromatic hydroxyl groups is 2. The van der Waals surface area contributed by atoms with E-state index in [4.69, 9.17) is 42.1 Å². The zero-order valence-electron chi connectivity index (χ0n) is 47.4. The summed E-state index contributed by atoms with van der Waals surface area (Å²) in [7, 11) is -0.659. The van der Waals surface area contributed by atoms with Gasteiger partial charge in [0.15, 0.2) is 22.7 Å². The molecule has 19 nitrogen and oxygen atoms in total. The predicted octanol–water partition coefficient (Wildman–Crippen LogP) is 4.65. The highest BCUT2D eigenvalue weighted by Gasteiger charge is 2.51. The zero-order chi connectivity index (χ0) is 60.9. The van der Waals surface area contributed by atoms with E-state index in [0.29, 0.717) is 23.5 Å². The number of rotatable bonds is 22. The van der Waals surface area contributed by atoms with Gasteiger partial charge in [-0.15, -0.1) is 5.10 Å². The Morgan fingerprint density at radius 1 is 0.816 bits per heavy atom. The zero-order valence-corrected chi connectivity index (χ0v) is 51.4. The van der Waals surface area contributed by atoms with Gasteiger partial charge in [-0.2, -0.15) is 0 Å². The van der Waals surface area contributed by atoms with E-state index in [9.17, 15) is 49.5 Å². The maximum Gasteiger partial charge on any atom is 0.408 e. The van der Waals surface area contributed by atoms with Crippen LogP contribution in [-0.2, 0) is 43.2 Å². The fourth-order valence-electron chi connectivity index (χ4n) is 12.0. The summed E-state index contributed by atoms with van der Waals surface area (Å²) in [6.07, 6.45) is -2.27. The highest BCUT2D eigenvalue weighted by molar-refractivity contribution is 7.95. The first-order valence-electron chi connectivity index (χ1n) is 28.3. The molecule has 1 fully saturated rings. The first-order valence-corrected chi connectivity index (χ1v) is 31.1. The number of nitrogens with one attached hydrogen (secondary N) is 2. The Morgan fingerprint density at radius 3 is 2.05 bits per heavy atom. The molecule has 10 rings (SSSR count). The van der Waals surface area contributed by atoms with Crippen LogP contribution < -0.4 is 48.3 Å². The number of amides is 2. The number of unbranched alkanes of at least 4 members (excludes halogenated alkanes) is 3. The number of fused-ring (bicyclic) bond motifs is 3. The minimum atomic E-state index is -2.42. The minimum Gasteiger partial charge on any atom is -1.00 e. The van der Waals surface area contributed by atoms with Crippen molar-refractivity contribution in [1.82, 2.24) is 20.3 Å². The van der Waals surface area contributed by atoms with Crippen molar-refractivity contribution < 1.29 is 85.4 Å². The number of aromatic nitrogens is 3. The third-order valence-corrected chi connectivity index (χ3v) is 21.2. The largest absolute Gasteiger partial charge is 1.00 e. The van der Waals surface area contributed by atoms with Crippen LogP contribution in [-0.4, -0.2) is 125 Å². The summed E-state index contributed by atoms with van der Waals surface area (Å²) in [6, 6.07) is 42.0. The van der Waals surface area contributed by atoms with Crippen LogP contribution in [0.2, 0.25) is 0 Å². The monoisotopic (exact) mass is 1310 g/mol. The molecule has 1 saturated heterocycles. The number of alkyl carbamates (subject to hydrolysis) is 1. The number of ether oxygens (including phenoxy) is 4. The number of Topliss-reactive ketones (excluding diaryl/α,β-unsaturated/α-hetero) is 1. The Labute approximate surface area is 523 Å². The van der Waals surface area contributed by atoms with Crippen LogP contribution in [0.4, 0.5) is 10.5 Å². The number of carbonyl (C=O) groups excluding carboxylic acids is 5. The van der Waals surface area contributed by atoms with Crippen molar-refractivity contribution in [2.45, 2.75) is 112 Å². The average Bonchev–Trinajstić information content (AvgIpc) is 0.943. The van der Waals surface area contributed by atoms with Gasteiger partial charge in [-0.25, -0.2) is 4.79 Å². The standard InChI is InChI=1S/C64H64Cl2N5O14P.BrH/c1-37-56(74)46(32-51(83-37)84-49-34-64(81,50(73)36-72)33-45-53(49)60(78)55-54(58(45)76)57(75)44-23-16-24-47(82-2)52(44)59(55)77)68-63(80)85-48(38-25-27-39(28-26-38)67-62(79)61(65)66)31-40-35-71(70-69-40)29-14-3-4-15-30-86(41-17-8-5-9-18-41,42-19-10-6-11-20-42)43-21-12-7-13-22-43;/h5-13,16-28,35,37,46,48-49,51,56,61,72,74,81H,3-4,14-15,29-34,36H2,1-2H3,(H3-,67,68,69,70,75,76,77,78,79,80);1H/t37-,46-,48?,49-,51?,56+,64-;/m0./s1. The van der Waals surface area contributed by atoms with Crippen LogP contribution in [0.5, 0.6) is 17.2 Å². The van der Waals surface area contributed by atoms with Gasteiger partial charge < -0.3 is 72.1 Å². The molecule has 0 radical (unpaired) electrons. The van der Waals surface area contributed by atoms with Gasteiger partial charge in [0.25, 0.3) is 5.91 Å². The Hall–Kier alpha value is -7.10. The lowest BCUT2D eigenvalue weighted by Gasteiger charge is -2.42. The molecule has 87 heavy (non-hydrogen) atoms. The van der Waals surface area contributed by atoms with Crippen molar-refractivity contribution in [3.8, 4) is 17.2 Å². The SMILES string of the molecule is COc1cccc2c1C(=O)c1c(O)c3c(c(O)c1C2=O)C[C@@](O)(C(=O)CO)C[C@@H]3OC1C[C@H](NC(=O)OC(Cc2cn(CCCCCC[P+](c3ccccc3)(c3ccccc3)c3ccccc3)nn2)c2ccc(NC(=O)C(Cl)Cl)cc2)[C@H](O)[C@H](C)O1.[Br-]. The molecule has 6 aromatic carbocycles. The van der Waals surface area contributed by atoms with Crippen molar-refractivity contribution in [1.29, 1.82) is 0 Å². The Morgan fingerprint density at radius 2 is 1.44 bits per heavy atom. The number of ketones is 3. The number of aliphatic hydroxyl groups is 3. The van der Waals surface area contributed by atoms with Crippen LogP contribution in [0.25, 0.3) is 0 Å². The molecule has 23 heteroatoms. The Balaban J connectivity index is 0.00000902. The molecule has 456 valence electrons. The summed E-state index contributed by atoms with van der Waals surface area (Å²) in [5.41, 5.74) is -2.97. The molecule has 2 heterocycles. The number of alkyl halides is 2. The van der Waals surface area contributed by atoms with Crippen LogP contribution in [0.1, 0.15) is 112 Å². The van der Waals surface area contributed by atoms with Crippen molar-refractivity contribution >= 4 is 81.4 Å². The number of anilines is 1. The van der Waals surface area contributed by atoms with Gasteiger partial charge in [0.05, 0.1) is 53.9 Å². The van der Waals surface area contributed by atoms with Gasteiger partial charge in [-0.3, -0.25) is 23.9 Å². The fraction of sp³-hybridized carbons (Fsp3) is 0.328. The van der Waals surface area contributed by atoms with Gasteiger partial charge in [-0.1, -0.05) is 114 Å². The molecule has 7 atom stereocenters. The Kier molecular flexibility index (Phi) is 20.7. The molecule has 0 saturated carbocycles. The summed E-state index contributed by atoms with van der Waals surface area (Å²) >= 11 is 11.6. The lowest BCUT2D eigenvalue weighted by molar-refractivity contribution is -0.249. The average molecular weight is 1310 g/mol. The van der Waals surface area contributed by atoms with Crippen molar-refractivity contribution in [3.63, 3.8) is 0 Å². The summed E-state index contributed by atoms with van der Waals surface area (Å²) in [5.74, 6) is -4.92. The van der Waals surface area contributed by atoms with Gasteiger partial charge in [0.1, 0.15) is 64.8 Å². The maximum atomic E-state index is 14.2. The first-order chi connectivity index (χ1) is 41.4. The molecule has 3 aliphatic rings. The van der Waals surface area contributed by atoms with Crippen LogP contribution in [0.15, 0.2) is 140 Å². The molecular formula is C64H65BrCl2N5O14P. The lowest BCUT2D eigenvalue weighted by Crippen LogP contribution is -3.00. The summed E-state index contributed by atoms with van der Waals surface area (Å²) in [6.45, 7) is 0.974. The summed E-state index contributed by atoms with van der Waals surface area (Å²) in [5, 5.41) is 75.4. The lowest BCUT2D eigenvalue weighted by atomic mass is 9.72. The van der Waals surface area contributed by atoms with Crippen LogP contribution >= 0.6 is 30.5 Å². The number of phenolic OH excluding ortho intramolecular Hbond substituents is 2. The van der Waals surface area contributed by atoms with Crippen LogP contribution in [0.3, 0.4) is 0 Å². The number of methoxy groups -OCH3 is 1. The van der Waals surface area contributed by atoms with E-state index in [1.807, 2.05) is 0 Å². The number of benzene rings is 6. The molecule has 2 unspecified atom stereocenters. The van der Waals surface area contributed by atoms with E-state index in [0.717, 1.165) is 31.8 Å². The molecule has 0 bridgehead atoms. The topological polar surface area (TPSA) is 278 Å². The van der Waals surface area contributed by atoms with Gasteiger partial charge in [0, 0.05) is 60.8 Å². The number of nitrogens with zero attached hydrogens (tertiary/aromatic N) is 3. The van der Waals surface area contributed by atoms with E-state index in [1.54, 1.807) is 35.1 Å². The number of hydrogen-bond acceptors (Lipinski definition) is 16. The van der Waals surface area contributed by atoms with E-state index < -0.39 is 126 Å². The second-order valence-corrected chi connectivity index (χ2v) is 26.4. The molecule has 0 spiro atoms. The number of carbonyl (C=O) groups is 5. The fourth-order valence-corrected chi connectivity index (χ4v) is 16.5. The third kappa shape index (κ3) is 13.5. The highest BCUT2D eigenvalue weighted by atomic mass is 79.9. The second kappa shape index (κ2) is 27.9. The van der Waals surface area contributed by atoms with Gasteiger partial charge in [-0.05, 0) is 86.3 Å². The molecule has 7 aromatic rings. The van der Waals surface area contributed by atoms with E-state index in [2.05, 4.69) is 112 Å². The van der Waals surface area contributed by atoms with E-state index >= 15 is 0 Å². The molecule has 2 amide bonds. The normalized spacial score (nSPS) is 20.1. The van der Waals surface area contributed by atoms with E-state index in [-0.39, 0.29) is 57.8 Å². The number of hydrogen-bond donors (Lipinski definition) is 7. The van der Waals surface area contributed by atoms with Crippen molar-refractivity contribution in [2.24, 2.45) is 0 Å². The number of aryl methyl sites for hydroxylation is 1. The number of halogens is 3. The first kappa shape index (κ1) is 64.4. The van der Waals surface area contributed by atoms with Crippen molar-refractivity contribution in [3.05, 3.63) is 184 Å². The molecule has 1 aromatic heterocycles. The van der Waals surface area contributed by atoms with Crippen LogP contribution in [0, 0.1) is 0 Å². The smallest absolute Gasteiger partial charge is 0.408 e. The Bertz CT molecular complexity index is 3530. The number of aliphatic hydroxyl groups excluding tert-OH is 2. The predicted molar refractivity (Wildman–Crippen MR) is 323 cm³/mol. The minimum absolute atomic E-state index is 0. The molecule has 1 aliphatic heterocycles. The van der Waals surface area contributed by atoms with Crippen molar-refractivity contribution in [2.75, 3.05) is 25.2 Å². The molecular weight excluding hydrogens is 1240 g/mol. The highest BCUT2D eigenvalue weighted by Crippen LogP contribution is 2.56. The third-order valence-electron chi connectivity index (χ3n) is 16.3. The van der Waals surface area contributed by atoms with E-state index in [1.165, 1.54) is 48.1 Å². The van der Waals surface area contributed by atoms with Gasteiger partial charge >= 0.3 is 6.09 Å². The number of phenols is 2. The molecule has 7 N–H and O–H groups in total.